The predicted octanol–water partition coefficient (Wildman–Crippen LogP) is 2.92. The monoisotopic (exact) mass is 436 g/mol. The van der Waals surface area contributed by atoms with E-state index in [0.717, 1.165) is 17.7 Å². The van der Waals surface area contributed by atoms with Crippen molar-refractivity contribution in [2.24, 2.45) is 5.92 Å². The van der Waals surface area contributed by atoms with Crippen LogP contribution in [0.25, 0.3) is 0 Å². The van der Waals surface area contributed by atoms with Crippen molar-refractivity contribution in [2.75, 3.05) is 5.32 Å². The Labute approximate surface area is 174 Å². The van der Waals surface area contributed by atoms with Gasteiger partial charge in [-0.2, -0.15) is 8.42 Å². The normalized spacial score (nSPS) is 12.3. The summed E-state index contributed by atoms with van der Waals surface area (Å²) in [6.07, 6.45) is -0.473. The predicted molar refractivity (Wildman–Crippen MR) is 110 cm³/mol. The average Bonchev–Trinajstić information content (AvgIpc) is 2.67. The van der Waals surface area contributed by atoms with Gasteiger partial charge in [0, 0.05) is 5.69 Å². The van der Waals surface area contributed by atoms with E-state index < -0.39 is 38.8 Å². The lowest BCUT2D eigenvalue weighted by Crippen LogP contribution is -2.44. The van der Waals surface area contributed by atoms with E-state index in [9.17, 15) is 23.1 Å². The second-order valence-electron chi connectivity index (χ2n) is 7.04. The Morgan fingerprint density at radius 2 is 1.77 bits per heavy atom. The van der Waals surface area contributed by atoms with Crippen LogP contribution in [0.4, 0.5) is 10.5 Å². The fraction of sp³-hybridized carbons (Fsp3) is 0.300. The molecular weight excluding hydrogens is 412 g/mol. The summed E-state index contributed by atoms with van der Waals surface area (Å²) in [6.45, 7) is 3.78. The number of benzene rings is 2. The Kier molecular flexibility index (Phi) is 7.79. The van der Waals surface area contributed by atoms with Crippen LogP contribution >= 0.6 is 0 Å². The largest absolute Gasteiger partial charge is 0.506 e. The first-order valence-electron chi connectivity index (χ1n) is 9.15. The van der Waals surface area contributed by atoms with Crippen LogP contribution in [0.5, 0.6) is 5.75 Å². The quantitative estimate of drug-likeness (QED) is 0.368. The van der Waals surface area contributed by atoms with Crippen LogP contribution in [0.1, 0.15) is 25.8 Å². The van der Waals surface area contributed by atoms with Gasteiger partial charge in [0.05, 0.1) is 0 Å². The molecular formula is C20H24N2O7S. The first-order valence-corrected chi connectivity index (χ1v) is 10.6. The number of ether oxygens (including phenoxy) is 1. The van der Waals surface area contributed by atoms with Crippen molar-refractivity contribution < 1.29 is 32.4 Å². The summed E-state index contributed by atoms with van der Waals surface area (Å²) < 4.78 is 36.9. The zero-order valence-electron chi connectivity index (χ0n) is 16.5. The highest BCUT2D eigenvalue weighted by molar-refractivity contribution is 7.86. The molecule has 2 aromatic carbocycles. The Morgan fingerprint density at radius 3 is 2.37 bits per heavy atom. The number of rotatable bonds is 8. The fourth-order valence-electron chi connectivity index (χ4n) is 2.64. The van der Waals surface area contributed by atoms with E-state index in [2.05, 4.69) is 10.6 Å². The average molecular weight is 436 g/mol. The molecule has 30 heavy (non-hydrogen) atoms. The van der Waals surface area contributed by atoms with Gasteiger partial charge >= 0.3 is 6.09 Å². The maximum absolute atomic E-state index is 12.6. The van der Waals surface area contributed by atoms with Gasteiger partial charge in [-0.25, -0.2) is 4.79 Å². The number of alkyl carbamates (subject to hydrolysis) is 1. The summed E-state index contributed by atoms with van der Waals surface area (Å²) in [6, 6.07) is 11.3. The molecule has 10 heteroatoms. The number of hydrogen-bond acceptors (Lipinski definition) is 6. The third-order valence-corrected chi connectivity index (χ3v) is 4.92. The van der Waals surface area contributed by atoms with Crippen LogP contribution in [0.15, 0.2) is 53.4 Å². The molecule has 2 aromatic rings. The van der Waals surface area contributed by atoms with Crippen molar-refractivity contribution in [2.45, 2.75) is 37.8 Å². The topological polar surface area (TPSA) is 142 Å². The van der Waals surface area contributed by atoms with Gasteiger partial charge in [0.25, 0.3) is 10.1 Å². The van der Waals surface area contributed by atoms with Gasteiger partial charge in [0.1, 0.15) is 23.3 Å². The zero-order valence-corrected chi connectivity index (χ0v) is 17.3. The second kappa shape index (κ2) is 10.1. The molecule has 0 fully saturated rings. The molecule has 0 saturated heterocycles. The van der Waals surface area contributed by atoms with Gasteiger partial charge < -0.3 is 20.5 Å². The molecule has 0 bridgehead atoms. The minimum atomic E-state index is -4.67. The van der Waals surface area contributed by atoms with Gasteiger partial charge in [-0.3, -0.25) is 9.35 Å². The van der Waals surface area contributed by atoms with Crippen LogP contribution in [0, 0.1) is 5.92 Å². The smallest absolute Gasteiger partial charge is 0.408 e. The number of carbonyl (C=O) groups is 2. The molecule has 0 aliphatic carbocycles. The number of carbonyl (C=O) groups excluding carboxylic acids is 2. The van der Waals surface area contributed by atoms with Crippen molar-refractivity contribution >= 4 is 27.8 Å². The van der Waals surface area contributed by atoms with Crippen LogP contribution < -0.4 is 10.6 Å². The summed E-state index contributed by atoms with van der Waals surface area (Å²) in [5.74, 6) is -1.20. The Bertz CT molecular complexity index is 991. The molecule has 0 radical (unpaired) electrons. The van der Waals surface area contributed by atoms with Gasteiger partial charge in [0.2, 0.25) is 5.91 Å². The number of phenolic OH excluding ortho intramolecular Hbond substituents is 1. The summed E-state index contributed by atoms with van der Waals surface area (Å²) in [5.41, 5.74) is 0.818. The highest BCUT2D eigenvalue weighted by Gasteiger charge is 2.24. The molecule has 2 amide bonds. The molecule has 4 N–H and O–H groups in total. The number of amides is 2. The third kappa shape index (κ3) is 7.05. The number of hydrogen-bond donors (Lipinski definition) is 4. The van der Waals surface area contributed by atoms with Gasteiger partial charge in [-0.1, -0.05) is 44.2 Å². The lowest BCUT2D eigenvalue weighted by molar-refractivity contribution is -0.118. The molecule has 0 spiro atoms. The van der Waals surface area contributed by atoms with E-state index in [0.29, 0.717) is 6.42 Å². The molecule has 9 nitrogen and oxygen atoms in total. The molecule has 0 aliphatic rings. The molecule has 0 saturated carbocycles. The first-order chi connectivity index (χ1) is 14.1. The molecule has 0 heterocycles. The van der Waals surface area contributed by atoms with E-state index in [1.807, 2.05) is 32.0 Å². The van der Waals surface area contributed by atoms with E-state index in [-0.39, 0.29) is 18.2 Å². The van der Waals surface area contributed by atoms with Crippen molar-refractivity contribution in [1.82, 2.24) is 5.32 Å². The molecule has 0 aromatic heterocycles. The van der Waals surface area contributed by atoms with E-state index in [4.69, 9.17) is 9.29 Å². The van der Waals surface area contributed by atoms with Crippen LogP contribution in [0.2, 0.25) is 0 Å². The molecule has 0 unspecified atom stereocenters. The van der Waals surface area contributed by atoms with Gasteiger partial charge in [-0.15, -0.1) is 0 Å². The Morgan fingerprint density at radius 1 is 1.10 bits per heavy atom. The van der Waals surface area contributed by atoms with E-state index in [1.54, 1.807) is 12.1 Å². The summed E-state index contributed by atoms with van der Waals surface area (Å²) in [5, 5.41) is 14.6. The number of phenols is 1. The molecule has 1 atom stereocenters. The second-order valence-corrected chi connectivity index (χ2v) is 8.42. The lowest BCUT2D eigenvalue weighted by Gasteiger charge is -2.20. The van der Waals surface area contributed by atoms with Crippen molar-refractivity contribution in [1.29, 1.82) is 0 Å². The van der Waals surface area contributed by atoms with Crippen molar-refractivity contribution in [3.05, 3.63) is 54.1 Å². The Hall–Kier alpha value is -3.11. The minimum Gasteiger partial charge on any atom is -0.506 e. The van der Waals surface area contributed by atoms with Crippen LogP contribution in [0.3, 0.4) is 0 Å². The SMILES string of the molecule is CC(C)C[C@H](NC(=O)OCc1ccccc1)C(=O)Nc1ccc(O)c(S(=O)(=O)O)c1. The highest BCUT2D eigenvalue weighted by Crippen LogP contribution is 2.26. The van der Waals surface area contributed by atoms with E-state index in [1.165, 1.54) is 6.07 Å². The summed E-state index contributed by atoms with van der Waals surface area (Å²) in [7, 11) is -4.67. The lowest BCUT2D eigenvalue weighted by atomic mass is 10.0. The Balaban J connectivity index is 2.07. The maximum atomic E-state index is 12.6. The molecule has 0 aliphatic heterocycles. The summed E-state index contributed by atoms with van der Waals surface area (Å²) >= 11 is 0. The van der Waals surface area contributed by atoms with E-state index >= 15 is 0 Å². The third-order valence-electron chi connectivity index (χ3n) is 4.03. The highest BCUT2D eigenvalue weighted by atomic mass is 32.2. The fourth-order valence-corrected chi connectivity index (χ4v) is 3.25. The molecule has 162 valence electrons. The van der Waals surface area contributed by atoms with Crippen molar-refractivity contribution in [3.8, 4) is 5.75 Å². The first kappa shape index (κ1) is 23.2. The number of anilines is 1. The van der Waals surface area contributed by atoms with Crippen LogP contribution in [-0.4, -0.2) is 36.1 Å². The summed E-state index contributed by atoms with van der Waals surface area (Å²) in [4.78, 5) is 24.0. The standard InChI is InChI=1S/C20H24N2O7S/c1-13(2)10-16(22-20(25)29-12-14-6-4-3-5-7-14)19(24)21-15-8-9-17(23)18(11-15)30(26,27)28/h3-9,11,13,16,23H,10,12H2,1-2H3,(H,21,24)(H,22,25)(H,26,27,28)/t16-/m0/s1. The van der Waals surface area contributed by atoms with Crippen LogP contribution in [-0.2, 0) is 26.3 Å². The number of nitrogens with one attached hydrogen (secondary N) is 2. The van der Waals surface area contributed by atoms with Crippen molar-refractivity contribution in [3.63, 3.8) is 0 Å². The minimum absolute atomic E-state index is 0.0265. The molecule has 2 rings (SSSR count). The van der Waals surface area contributed by atoms with Gasteiger partial charge in [-0.05, 0) is 36.1 Å². The zero-order chi connectivity index (χ0) is 22.3. The van der Waals surface area contributed by atoms with Gasteiger partial charge in [0.15, 0.2) is 0 Å². The maximum Gasteiger partial charge on any atom is 0.408 e. The number of aromatic hydroxyl groups is 1.